The van der Waals surface area contributed by atoms with Gasteiger partial charge in [0.2, 0.25) is 0 Å². The monoisotopic (exact) mass is 438 g/mol. The Morgan fingerprint density at radius 2 is 1.75 bits per heavy atom. The van der Waals surface area contributed by atoms with Crippen LogP contribution in [0.1, 0.15) is 36.1 Å². The van der Waals surface area contributed by atoms with Crippen LogP contribution >= 0.6 is 0 Å². The van der Waals surface area contributed by atoms with Crippen molar-refractivity contribution < 1.29 is 18.3 Å². The number of benzene rings is 2. The molecular formula is C24H24F2N4O2. The number of epoxide rings is 1. The first-order valence-corrected chi connectivity index (χ1v) is 11.1. The normalized spacial score (nSPS) is 23.2. The third-order valence-electron chi connectivity index (χ3n) is 6.52. The van der Waals surface area contributed by atoms with E-state index in [9.17, 15) is 8.78 Å². The summed E-state index contributed by atoms with van der Waals surface area (Å²) in [6.07, 6.45) is 3.72. The molecule has 2 atom stereocenters. The molecule has 3 saturated heterocycles. The van der Waals surface area contributed by atoms with Gasteiger partial charge in [-0.2, -0.15) is 0 Å². The maximum Gasteiger partial charge on any atom is 0.148 e. The van der Waals surface area contributed by atoms with Gasteiger partial charge in [-0.05, 0) is 42.7 Å². The van der Waals surface area contributed by atoms with Gasteiger partial charge in [-0.15, -0.1) is 0 Å². The molecule has 0 N–H and O–H groups in total. The minimum absolute atomic E-state index is 0.0355. The van der Waals surface area contributed by atoms with Gasteiger partial charge in [0.05, 0.1) is 43.1 Å². The SMILES string of the molecule is Fc1cc(F)cc(N2CCCC2c2cc(C3CO3)cc3ncc(N4CCOCC4)nc23)c1. The van der Waals surface area contributed by atoms with E-state index in [0.29, 0.717) is 25.5 Å². The predicted octanol–water partition coefficient (Wildman–Crippen LogP) is 4.16. The van der Waals surface area contributed by atoms with Crippen molar-refractivity contribution in [1.29, 1.82) is 0 Å². The van der Waals surface area contributed by atoms with Crippen molar-refractivity contribution in [3.63, 3.8) is 0 Å². The molecule has 0 spiro atoms. The first kappa shape index (κ1) is 19.8. The molecule has 6 rings (SSSR count). The molecule has 3 fully saturated rings. The number of ether oxygens (including phenoxy) is 2. The average Bonchev–Trinajstić information content (AvgIpc) is 3.54. The van der Waals surface area contributed by atoms with Crippen LogP contribution in [0.5, 0.6) is 0 Å². The van der Waals surface area contributed by atoms with Gasteiger partial charge in [-0.1, -0.05) is 0 Å². The van der Waals surface area contributed by atoms with E-state index in [1.807, 2.05) is 12.3 Å². The second-order valence-electron chi connectivity index (χ2n) is 8.61. The first-order valence-electron chi connectivity index (χ1n) is 11.1. The summed E-state index contributed by atoms with van der Waals surface area (Å²) < 4.78 is 39.0. The van der Waals surface area contributed by atoms with Gasteiger partial charge in [0.15, 0.2) is 0 Å². The number of hydrogen-bond acceptors (Lipinski definition) is 6. The summed E-state index contributed by atoms with van der Waals surface area (Å²) in [5.41, 5.74) is 4.34. The summed E-state index contributed by atoms with van der Waals surface area (Å²) in [6.45, 7) is 4.34. The van der Waals surface area contributed by atoms with Crippen LogP contribution in [0, 0.1) is 11.6 Å². The van der Waals surface area contributed by atoms with Gasteiger partial charge < -0.3 is 19.3 Å². The van der Waals surface area contributed by atoms with Gasteiger partial charge >= 0.3 is 0 Å². The van der Waals surface area contributed by atoms with Crippen molar-refractivity contribution in [2.24, 2.45) is 0 Å². The standard InChI is InChI=1S/C24H24F2N4O2/c25-16-10-17(26)12-18(11-16)30-3-1-2-21(30)19-8-15(22-14-32-22)9-20-24(19)28-23(13-27-20)29-4-6-31-7-5-29/h8-13,21-22H,1-7,14H2. The molecule has 0 saturated carbocycles. The molecule has 0 radical (unpaired) electrons. The number of morpholine rings is 1. The summed E-state index contributed by atoms with van der Waals surface area (Å²) in [7, 11) is 0. The number of aromatic nitrogens is 2. The summed E-state index contributed by atoms with van der Waals surface area (Å²) >= 11 is 0. The van der Waals surface area contributed by atoms with E-state index in [-0.39, 0.29) is 12.1 Å². The van der Waals surface area contributed by atoms with Gasteiger partial charge in [-0.25, -0.2) is 13.8 Å². The molecule has 3 aliphatic heterocycles. The van der Waals surface area contributed by atoms with Gasteiger partial charge in [-0.3, -0.25) is 4.98 Å². The Labute approximate surface area is 184 Å². The van der Waals surface area contributed by atoms with Crippen molar-refractivity contribution in [2.75, 3.05) is 49.3 Å². The highest BCUT2D eigenvalue weighted by Gasteiger charge is 2.32. The zero-order valence-corrected chi connectivity index (χ0v) is 17.6. The molecule has 32 heavy (non-hydrogen) atoms. The third-order valence-corrected chi connectivity index (χ3v) is 6.52. The van der Waals surface area contributed by atoms with Gasteiger partial charge in [0.1, 0.15) is 23.6 Å². The number of anilines is 2. The zero-order valence-electron chi connectivity index (χ0n) is 17.6. The quantitative estimate of drug-likeness (QED) is 0.571. The van der Waals surface area contributed by atoms with Crippen LogP contribution in [-0.4, -0.2) is 49.4 Å². The number of halogens is 2. The maximum absolute atomic E-state index is 14.0. The molecular weight excluding hydrogens is 414 g/mol. The van der Waals surface area contributed by atoms with Crippen molar-refractivity contribution in [2.45, 2.75) is 25.0 Å². The van der Waals surface area contributed by atoms with E-state index in [1.54, 1.807) is 0 Å². The largest absolute Gasteiger partial charge is 0.378 e. The molecule has 2 aromatic carbocycles. The van der Waals surface area contributed by atoms with Gasteiger partial charge in [0, 0.05) is 37.0 Å². The number of hydrogen-bond donors (Lipinski definition) is 0. The molecule has 4 heterocycles. The smallest absolute Gasteiger partial charge is 0.148 e. The lowest BCUT2D eigenvalue weighted by molar-refractivity contribution is 0.122. The predicted molar refractivity (Wildman–Crippen MR) is 117 cm³/mol. The Bertz CT molecular complexity index is 1140. The van der Waals surface area contributed by atoms with Crippen molar-refractivity contribution >= 4 is 22.5 Å². The highest BCUT2D eigenvalue weighted by Crippen LogP contribution is 2.42. The molecule has 0 amide bonds. The lowest BCUT2D eigenvalue weighted by Gasteiger charge is -2.30. The van der Waals surface area contributed by atoms with Crippen LogP contribution in [0.2, 0.25) is 0 Å². The Balaban J connectivity index is 1.46. The topological polar surface area (TPSA) is 54.0 Å². The summed E-state index contributed by atoms with van der Waals surface area (Å²) in [5, 5.41) is 0. The highest BCUT2D eigenvalue weighted by atomic mass is 19.1. The summed E-state index contributed by atoms with van der Waals surface area (Å²) in [5.74, 6) is -0.297. The molecule has 2 unspecified atom stereocenters. The summed E-state index contributed by atoms with van der Waals surface area (Å²) in [4.78, 5) is 14.0. The van der Waals surface area contributed by atoms with E-state index in [2.05, 4.69) is 15.9 Å². The fraction of sp³-hybridized carbons (Fsp3) is 0.417. The molecule has 3 aliphatic rings. The minimum atomic E-state index is -0.565. The number of rotatable bonds is 4. The average molecular weight is 438 g/mol. The van der Waals surface area contributed by atoms with Crippen molar-refractivity contribution in [3.05, 3.63) is 59.3 Å². The molecule has 8 heteroatoms. The Kier molecular flexibility index (Phi) is 4.91. The molecule has 3 aromatic rings. The second-order valence-corrected chi connectivity index (χ2v) is 8.61. The van der Waals surface area contributed by atoms with E-state index >= 15 is 0 Å². The van der Waals surface area contributed by atoms with Crippen LogP contribution in [0.3, 0.4) is 0 Å². The molecule has 1 aromatic heterocycles. The van der Waals surface area contributed by atoms with Crippen molar-refractivity contribution in [1.82, 2.24) is 9.97 Å². The van der Waals surface area contributed by atoms with E-state index in [4.69, 9.17) is 19.4 Å². The third kappa shape index (κ3) is 3.67. The lowest BCUT2D eigenvalue weighted by Crippen LogP contribution is -2.36. The zero-order chi connectivity index (χ0) is 21.7. The van der Waals surface area contributed by atoms with Crippen molar-refractivity contribution in [3.8, 4) is 0 Å². The Hall–Kier alpha value is -2.84. The fourth-order valence-electron chi connectivity index (χ4n) is 4.88. The van der Waals surface area contributed by atoms with Crippen LogP contribution in [0.4, 0.5) is 20.3 Å². The second kappa shape index (κ2) is 7.94. The fourth-order valence-corrected chi connectivity index (χ4v) is 4.88. The maximum atomic E-state index is 14.0. The van der Waals surface area contributed by atoms with Gasteiger partial charge in [0.25, 0.3) is 0 Å². The Morgan fingerprint density at radius 3 is 2.50 bits per heavy atom. The van der Waals surface area contributed by atoms with E-state index < -0.39 is 11.6 Å². The molecule has 166 valence electrons. The van der Waals surface area contributed by atoms with Crippen LogP contribution in [0.25, 0.3) is 11.0 Å². The molecule has 0 aliphatic carbocycles. The van der Waals surface area contributed by atoms with Crippen LogP contribution in [-0.2, 0) is 9.47 Å². The molecule has 0 bridgehead atoms. The Morgan fingerprint density at radius 1 is 0.969 bits per heavy atom. The first-order chi connectivity index (χ1) is 15.7. The summed E-state index contributed by atoms with van der Waals surface area (Å²) in [6, 6.07) is 7.88. The van der Waals surface area contributed by atoms with E-state index in [1.165, 1.54) is 12.1 Å². The minimum Gasteiger partial charge on any atom is -0.378 e. The van der Waals surface area contributed by atoms with Crippen LogP contribution < -0.4 is 9.80 Å². The number of nitrogens with zero attached hydrogens (tertiary/aromatic N) is 4. The molecule has 6 nitrogen and oxygen atoms in total. The highest BCUT2D eigenvalue weighted by molar-refractivity contribution is 5.82. The van der Waals surface area contributed by atoms with E-state index in [0.717, 1.165) is 66.5 Å². The number of fused-ring (bicyclic) bond motifs is 1. The van der Waals surface area contributed by atoms with Crippen LogP contribution in [0.15, 0.2) is 36.5 Å². The lowest BCUT2D eigenvalue weighted by atomic mass is 9.98.